The zero-order chi connectivity index (χ0) is 16.7. The summed E-state index contributed by atoms with van der Waals surface area (Å²) in [5.41, 5.74) is 3.82. The summed E-state index contributed by atoms with van der Waals surface area (Å²) in [6.07, 6.45) is -0.419. The molecule has 2 heterocycles. The molecule has 1 aliphatic heterocycles. The Kier molecular flexibility index (Phi) is 3.50. The first-order valence-electron chi connectivity index (χ1n) is 7.62. The average Bonchev–Trinajstić information content (AvgIpc) is 2.90. The van der Waals surface area contributed by atoms with Crippen LogP contribution >= 0.6 is 11.6 Å². The fourth-order valence-corrected chi connectivity index (χ4v) is 3.31. The Labute approximate surface area is 144 Å². The Balaban J connectivity index is 1.76. The number of carbonyl (C=O) groups is 1. The lowest BCUT2D eigenvalue weighted by atomic mass is 10.1. The van der Waals surface area contributed by atoms with Crippen molar-refractivity contribution >= 4 is 23.2 Å². The predicted molar refractivity (Wildman–Crippen MR) is 93.6 cm³/mol. The molecule has 1 aliphatic rings. The highest BCUT2D eigenvalue weighted by Crippen LogP contribution is 2.33. The van der Waals surface area contributed by atoms with E-state index in [0.29, 0.717) is 10.7 Å². The van der Waals surface area contributed by atoms with E-state index in [0.717, 1.165) is 22.6 Å². The number of hydrogen-bond acceptors (Lipinski definition) is 3. The molecule has 120 valence electrons. The van der Waals surface area contributed by atoms with Gasteiger partial charge in [0, 0.05) is 5.69 Å². The van der Waals surface area contributed by atoms with Gasteiger partial charge in [-0.3, -0.25) is 4.79 Å². The molecule has 1 aromatic heterocycles. The molecule has 1 atom stereocenters. The molecule has 4 rings (SSSR count). The maximum atomic E-state index is 12.3. The van der Waals surface area contributed by atoms with Crippen molar-refractivity contribution in [2.24, 2.45) is 0 Å². The van der Waals surface area contributed by atoms with Crippen molar-refractivity contribution in [2.75, 3.05) is 5.32 Å². The van der Waals surface area contributed by atoms with E-state index in [2.05, 4.69) is 15.7 Å². The molecule has 6 heteroatoms. The number of hydrogen-bond donors (Lipinski definition) is 2. The largest absolute Gasteiger partial charge is 0.361 e. The molecule has 3 aromatic rings. The second-order valence-corrected chi connectivity index (χ2v) is 5.99. The molecule has 0 unspecified atom stereocenters. The molecule has 0 bridgehead atoms. The van der Waals surface area contributed by atoms with E-state index in [1.807, 2.05) is 55.5 Å². The minimum atomic E-state index is -0.419. The number of amides is 1. The molecule has 0 radical (unpaired) electrons. The number of fused-ring (bicyclic) bond motifs is 1. The average molecular weight is 339 g/mol. The van der Waals surface area contributed by atoms with Gasteiger partial charge in [-0.25, -0.2) is 4.68 Å². The standard InChI is InChI=1S/C18H15ClN4O/c1-11-15(16(19)23(22-11)12-7-3-2-4-8-12)17-20-14-10-6-5-9-13(14)18(24)21-17/h2-10,17,20H,1H3,(H,21,24)/t17-/m1/s1. The molecule has 0 saturated carbocycles. The normalized spacial score (nSPS) is 16.2. The van der Waals surface area contributed by atoms with E-state index < -0.39 is 6.17 Å². The monoisotopic (exact) mass is 338 g/mol. The number of aryl methyl sites for hydroxylation is 1. The van der Waals surface area contributed by atoms with Gasteiger partial charge in [0.2, 0.25) is 0 Å². The van der Waals surface area contributed by atoms with E-state index in [1.165, 1.54) is 0 Å². The number of anilines is 1. The number of halogens is 1. The quantitative estimate of drug-likeness (QED) is 0.749. The molecule has 24 heavy (non-hydrogen) atoms. The van der Waals surface area contributed by atoms with E-state index in [4.69, 9.17) is 11.6 Å². The van der Waals surface area contributed by atoms with Gasteiger partial charge >= 0.3 is 0 Å². The van der Waals surface area contributed by atoms with Crippen LogP contribution in [-0.4, -0.2) is 15.7 Å². The lowest BCUT2D eigenvalue weighted by Crippen LogP contribution is -2.38. The second kappa shape index (κ2) is 5.69. The lowest BCUT2D eigenvalue weighted by molar-refractivity contribution is 0.0935. The number of rotatable bonds is 2. The van der Waals surface area contributed by atoms with Crippen LogP contribution in [0.15, 0.2) is 54.6 Å². The molecule has 0 fully saturated rings. The Bertz CT molecular complexity index is 920. The van der Waals surface area contributed by atoms with Crippen LogP contribution < -0.4 is 10.6 Å². The zero-order valence-electron chi connectivity index (χ0n) is 13.0. The minimum absolute atomic E-state index is 0.128. The highest BCUT2D eigenvalue weighted by Gasteiger charge is 2.29. The molecule has 0 aliphatic carbocycles. The summed E-state index contributed by atoms with van der Waals surface area (Å²) in [6.45, 7) is 1.88. The van der Waals surface area contributed by atoms with Gasteiger partial charge in [-0.1, -0.05) is 41.9 Å². The number of aromatic nitrogens is 2. The Hall–Kier alpha value is -2.79. The van der Waals surface area contributed by atoms with Crippen molar-refractivity contribution in [1.82, 2.24) is 15.1 Å². The summed E-state index contributed by atoms with van der Waals surface area (Å²) in [5.74, 6) is -0.128. The minimum Gasteiger partial charge on any atom is -0.361 e. The fourth-order valence-electron chi connectivity index (χ4n) is 2.93. The molecule has 0 spiro atoms. The topological polar surface area (TPSA) is 59.0 Å². The summed E-state index contributed by atoms with van der Waals surface area (Å²) in [6, 6.07) is 17.1. The lowest BCUT2D eigenvalue weighted by Gasteiger charge is -2.27. The summed E-state index contributed by atoms with van der Waals surface area (Å²) in [5, 5.41) is 11.3. The summed E-state index contributed by atoms with van der Waals surface area (Å²) in [4.78, 5) is 12.3. The number of para-hydroxylation sites is 2. The van der Waals surface area contributed by atoms with Gasteiger partial charge in [-0.2, -0.15) is 5.10 Å². The fraction of sp³-hybridized carbons (Fsp3) is 0.111. The van der Waals surface area contributed by atoms with E-state index >= 15 is 0 Å². The Morgan fingerprint density at radius 3 is 2.54 bits per heavy atom. The summed E-state index contributed by atoms with van der Waals surface area (Å²) in [7, 11) is 0. The van der Waals surface area contributed by atoms with Crippen molar-refractivity contribution in [3.8, 4) is 5.69 Å². The van der Waals surface area contributed by atoms with Gasteiger partial charge < -0.3 is 10.6 Å². The van der Waals surface area contributed by atoms with Crippen molar-refractivity contribution in [1.29, 1.82) is 0 Å². The Morgan fingerprint density at radius 1 is 1.04 bits per heavy atom. The first-order chi connectivity index (χ1) is 11.6. The van der Waals surface area contributed by atoms with Crippen LogP contribution in [0.25, 0.3) is 5.69 Å². The van der Waals surface area contributed by atoms with Crippen LogP contribution in [0.2, 0.25) is 5.15 Å². The van der Waals surface area contributed by atoms with Crippen LogP contribution in [0.5, 0.6) is 0 Å². The summed E-state index contributed by atoms with van der Waals surface area (Å²) < 4.78 is 1.68. The highest BCUT2D eigenvalue weighted by molar-refractivity contribution is 6.30. The molecule has 2 N–H and O–H groups in total. The first-order valence-corrected chi connectivity index (χ1v) is 8.00. The van der Waals surface area contributed by atoms with Crippen LogP contribution in [0.1, 0.15) is 27.8 Å². The smallest absolute Gasteiger partial charge is 0.255 e. The van der Waals surface area contributed by atoms with Gasteiger partial charge in [0.25, 0.3) is 5.91 Å². The molecule has 5 nitrogen and oxygen atoms in total. The number of nitrogens with zero attached hydrogens (tertiary/aromatic N) is 2. The van der Waals surface area contributed by atoms with Gasteiger partial charge in [0.15, 0.2) is 0 Å². The molecule has 0 saturated heterocycles. The third-order valence-electron chi connectivity index (χ3n) is 4.08. The predicted octanol–water partition coefficient (Wildman–Crippen LogP) is 3.69. The van der Waals surface area contributed by atoms with Gasteiger partial charge in [0.1, 0.15) is 11.3 Å². The van der Waals surface area contributed by atoms with Crippen molar-refractivity contribution in [2.45, 2.75) is 13.1 Å². The molecular weight excluding hydrogens is 324 g/mol. The highest BCUT2D eigenvalue weighted by atomic mass is 35.5. The molecular formula is C18H15ClN4O. The van der Waals surface area contributed by atoms with E-state index in [-0.39, 0.29) is 5.91 Å². The van der Waals surface area contributed by atoms with Crippen molar-refractivity contribution in [3.05, 3.63) is 76.6 Å². The third-order valence-corrected chi connectivity index (χ3v) is 4.45. The SMILES string of the molecule is Cc1nn(-c2ccccc2)c(Cl)c1[C@H]1NC(=O)c2ccccc2N1. The van der Waals surface area contributed by atoms with E-state index in [9.17, 15) is 4.79 Å². The number of benzene rings is 2. The third kappa shape index (κ3) is 2.34. The van der Waals surface area contributed by atoms with Crippen LogP contribution in [0.4, 0.5) is 5.69 Å². The van der Waals surface area contributed by atoms with Crippen molar-refractivity contribution in [3.63, 3.8) is 0 Å². The van der Waals surface area contributed by atoms with Crippen molar-refractivity contribution < 1.29 is 4.79 Å². The van der Waals surface area contributed by atoms with Gasteiger partial charge in [0.05, 0.1) is 22.5 Å². The van der Waals surface area contributed by atoms with Gasteiger partial charge in [-0.05, 0) is 31.2 Å². The summed E-state index contributed by atoms with van der Waals surface area (Å²) >= 11 is 6.58. The first kappa shape index (κ1) is 14.8. The maximum absolute atomic E-state index is 12.3. The van der Waals surface area contributed by atoms with E-state index in [1.54, 1.807) is 10.7 Å². The van der Waals surface area contributed by atoms with Gasteiger partial charge in [-0.15, -0.1) is 0 Å². The van der Waals surface area contributed by atoms with Crippen LogP contribution in [-0.2, 0) is 0 Å². The molecule has 1 amide bonds. The maximum Gasteiger partial charge on any atom is 0.255 e. The van der Waals surface area contributed by atoms with Crippen LogP contribution in [0, 0.1) is 6.92 Å². The zero-order valence-corrected chi connectivity index (χ0v) is 13.7. The Morgan fingerprint density at radius 2 is 1.75 bits per heavy atom. The number of carbonyl (C=O) groups excluding carboxylic acids is 1. The van der Waals surface area contributed by atoms with Crippen LogP contribution in [0.3, 0.4) is 0 Å². The second-order valence-electron chi connectivity index (χ2n) is 5.63. The molecule has 2 aromatic carbocycles. The number of nitrogens with one attached hydrogen (secondary N) is 2.